The van der Waals surface area contributed by atoms with Crippen molar-refractivity contribution in [2.24, 2.45) is 7.05 Å². The molecule has 1 fully saturated rings. The molecule has 6 nitrogen and oxygen atoms in total. The van der Waals surface area contributed by atoms with E-state index in [1.807, 2.05) is 14.0 Å². The summed E-state index contributed by atoms with van der Waals surface area (Å²) in [5.41, 5.74) is 1.49. The molecule has 1 aromatic heterocycles. The SMILES string of the molecule is CCc1nn(C)cc1C(=O)NCC1CNCCO1. The summed E-state index contributed by atoms with van der Waals surface area (Å²) in [4.78, 5) is 12.0. The molecule has 0 aromatic carbocycles. The molecule has 100 valence electrons. The van der Waals surface area contributed by atoms with Gasteiger partial charge in [0.25, 0.3) is 5.91 Å². The monoisotopic (exact) mass is 252 g/mol. The summed E-state index contributed by atoms with van der Waals surface area (Å²) >= 11 is 0. The summed E-state index contributed by atoms with van der Waals surface area (Å²) in [5.74, 6) is -0.0749. The van der Waals surface area contributed by atoms with Gasteiger partial charge in [-0.25, -0.2) is 0 Å². The van der Waals surface area contributed by atoms with Crippen LogP contribution in [0, 0.1) is 0 Å². The normalized spacial score (nSPS) is 19.8. The number of rotatable bonds is 4. The Labute approximate surface area is 107 Å². The summed E-state index contributed by atoms with van der Waals surface area (Å²) in [5, 5.41) is 10.4. The number of hydrogen-bond donors (Lipinski definition) is 2. The van der Waals surface area contributed by atoms with E-state index in [2.05, 4.69) is 15.7 Å². The topological polar surface area (TPSA) is 68.2 Å². The van der Waals surface area contributed by atoms with Crippen LogP contribution in [0.2, 0.25) is 0 Å². The van der Waals surface area contributed by atoms with E-state index in [9.17, 15) is 4.79 Å². The van der Waals surface area contributed by atoms with Gasteiger partial charge in [-0.05, 0) is 6.42 Å². The fourth-order valence-corrected chi connectivity index (χ4v) is 2.04. The summed E-state index contributed by atoms with van der Waals surface area (Å²) in [6, 6.07) is 0. The Kier molecular flexibility index (Phi) is 4.33. The molecule has 1 aromatic rings. The lowest BCUT2D eigenvalue weighted by Crippen LogP contribution is -2.45. The largest absolute Gasteiger partial charge is 0.374 e. The second-order valence-corrected chi connectivity index (χ2v) is 4.42. The molecular formula is C12H20N4O2. The lowest BCUT2D eigenvalue weighted by Gasteiger charge is -2.23. The van der Waals surface area contributed by atoms with Crippen molar-refractivity contribution in [3.05, 3.63) is 17.5 Å². The first-order chi connectivity index (χ1) is 8.70. The van der Waals surface area contributed by atoms with Gasteiger partial charge < -0.3 is 15.4 Å². The Morgan fingerprint density at radius 1 is 1.72 bits per heavy atom. The predicted molar refractivity (Wildman–Crippen MR) is 67.5 cm³/mol. The maximum Gasteiger partial charge on any atom is 0.254 e. The Balaban J connectivity index is 1.90. The third kappa shape index (κ3) is 3.08. The number of nitrogens with one attached hydrogen (secondary N) is 2. The van der Waals surface area contributed by atoms with E-state index < -0.39 is 0 Å². The van der Waals surface area contributed by atoms with Crippen LogP contribution in [0.5, 0.6) is 0 Å². The van der Waals surface area contributed by atoms with Gasteiger partial charge in [0.2, 0.25) is 0 Å². The van der Waals surface area contributed by atoms with Crippen LogP contribution in [-0.2, 0) is 18.2 Å². The third-order valence-electron chi connectivity index (χ3n) is 2.98. The van der Waals surface area contributed by atoms with Gasteiger partial charge in [-0.2, -0.15) is 5.10 Å². The summed E-state index contributed by atoms with van der Waals surface area (Å²) < 4.78 is 7.20. The number of aryl methyl sites for hydroxylation is 2. The van der Waals surface area contributed by atoms with E-state index in [1.165, 1.54) is 0 Å². The Bertz CT molecular complexity index is 410. The zero-order valence-electron chi connectivity index (χ0n) is 10.9. The van der Waals surface area contributed by atoms with E-state index in [0.29, 0.717) is 18.7 Å². The van der Waals surface area contributed by atoms with Gasteiger partial charge in [-0.1, -0.05) is 6.92 Å². The minimum absolute atomic E-state index is 0.0597. The quantitative estimate of drug-likeness (QED) is 0.772. The third-order valence-corrected chi connectivity index (χ3v) is 2.98. The number of carbonyl (C=O) groups excluding carboxylic acids is 1. The average molecular weight is 252 g/mol. The molecule has 2 heterocycles. The van der Waals surface area contributed by atoms with Crippen molar-refractivity contribution < 1.29 is 9.53 Å². The minimum atomic E-state index is -0.0749. The van der Waals surface area contributed by atoms with Crippen molar-refractivity contribution in [3.63, 3.8) is 0 Å². The van der Waals surface area contributed by atoms with Crippen molar-refractivity contribution in [2.45, 2.75) is 19.4 Å². The van der Waals surface area contributed by atoms with Gasteiger partial charge >= 0.3 is 0 Å². The first kappa shape index (κ1) is 13.0. The van der Waals surface area contributed by atoms with Crippen LogP contribution in [0.4, 0.5) is 0 Å². The summed E-state index contributed by atoms with van der Waals surface area (Å²) in [6.07, 6.45) is 2.57. The van der Waals surface area contributed by atoms with E-state index in [1.54, 1.807) is 10.9 Å². The van der Waals surface area contributed by atoms with Gasteiger partial charge in [0.1, 0.15) is 0 Å². The van der Waals surface area contributed by atoms with Crippen molar-refractivity contribution in [2.75, 3.05) is 26.2 Å². The van der Waals surface area contributed by atoms with Crippen LogP contribution in [0.1, 0.15) is 23.0 Å². The standard InChI is InChI=1S/C12H20N4O2/c1-3-11-10(8-16(2)15-11)12(17)14-7-9-6-13-4-5-18-9/h8-9,13H,3-7H2,1-2H3,(H,14,17). The highest BCUT2D eigenvalue weighted by molar-refractivity contribution is 5.95. The minimum Gasteiger partial charge on any atom is -0.374 e. The van der Waals surface area contributed by atoms with Gasteiger partial charge in [0, 0.05) is 32.9 Å². The zero-order valence-corrected chi connectivity index (χ0v) is 10.9. The van der Waals surface area contributed by atoms with Crippen LogP contribution in [-0.4, -0.2) is 48.0 Å². The first-order valence-electron chi connectivity index (χ1n) is 6.33. The molecule has 1 unspecified atom stereocenters. The smallest absolute Gasteiger partial charge is 0.254 e. The van der Waals surface area contributed by atoms with E-state index in [0.717, 1.165) is 25.2 Å². The zero-order chi connectivity index (χ0) is 13.0. The van der Waals surface area contributed by atoms with Crippen molar-refractivity contribution in [1.82, 2.24) is 20.4 Å². The fraction of sp³-hybridized carbons (Fsp3) is 0.667. The predicted octanol–water partition coefficient (Wildman–Crippen LogP) is -0.299. The van der Waals surface area contributed by atoms with Crippen LogP contribution in [0.15, 0.2) is 6.20 Å². The molecule has 1 atom stereocenters. The molecular weight excluding hydrogens is 232 g/mol. The van der Waals surface area contributed by atoms with Crippen molar-refractivity contribution in [3.8, 4) is 0 Å². The summed E-state index contributed by atoms with van der Waals surface area (Å²) in [6.45, 7) is 4.89. The molecule has 1 saturated heterocycles. The number of hydrogen-bond acceptors (Lipinski definition) is 4. The maximum atomic E-state index is 12.0. The van der Waals surface area contributed by atoms with Gasteiger partial charge in [-0.3, -0.25) is 9.48 Å². The number of amides is 1. The van der Waals surface area contributed by atoms with Crippen LogP contribution < -0.4 is 10.6 Å². The van der Waals surface area contributed by atoms with Crippen LogP contribution in [0.3, 0.4) is 0 Å². The number of aromatic nitrogens is 2. The lowest BCUT2D eigenvalue weighted by molar-refractivity contribution is 0.0287. The molecule has 1 aliphatic heterocycles. The summed E-state index contributed by atoms with van der Waals surface area (Å²) in [7, 11) is 1.82. The Morgan fingerprint density at radius 3 is 3.22 bits per heavy atom. The molecule has 2 rings (SSSR count). The molecule has 0 bridgehead atoms. The second kappa shape index (κ2) is 5.97. The van der Waals surface area contributed by atoms with E-state index >= 15 is 0 Å². The molecule has 0 aliphatic carbocycles. The van der Waals surface area contributed by atoms with Crippen LogP contribution in [0.25, 0.3) is 0 Å². The lowest BCUT2D eigenvalue weighted by atomic mass is 10.2. The number of carbonyl (C=O) groups is 1. The molecule has 0 saturated carbocycles. The van der Waals surface area contributed by atoms with E-state index in [-0.39, 0.29) is 12.0 Å². The van der Waals surface area contributed by atoms with Gasteiger partial charge in [0.15, 0.2) is 0 Å². The molecule has 6 heteroatoms. The molecule has 0 spiro atoms. The maximum absolute atomic E-state index is 12.0. The number of morpholine rings is 1. The van der Waals surface area contributed by atoms with Crippen molar-refractivity contribution >= 4 is 5.91 Å². The number of ether oxygens (including phenoxy) is 1. The second-order valence-electron chi connectivity index (χ2n) is 4.42. The highest BCUT2D eigenvalue weighted by atomic mass is 16.5. The average Bonchev–Trinajstić information content (AvgIpc) is 2.78. The molecule has 18 heavy (non-hydrogen) atoms. The highest BCUT2D eigenvalue weighted by Crippen LogP contribution is 2.07. The highest BCUT2D eigenvalue weighted by Gasteiger charge is 2.17. The van der Waals surface area contributed by atoms with Gasteiger partial charge in [0.05, 0.1) is 24.0 Å². The van der Waals surface area contributed by atoms with E-state index in [4.69, 9.17) is 4.74 Å². The fourth-order valence-electron chi connectivity index (χ4n) is 2.04. The molecule has 2 N–H and O–H groups in total. The number of nitrogens with zero attached hydrogens (tertiary/aromatic N) is 2. The molecule has 0 radical (unpaired) electrons. The van der Waals surface area contributed by atoms with Crippen molar-refractivity contribution in [1.29, 1.82) is 0 Å². The molecule has 1 amide bonds. The Morgan fingerprint density at radius 2 is 2.56 bits per heavy atom. The Hall–Kier alpha value is -1.40. The molecule has 1 aliphatic rings. The van der Waals surface area contributed by atoms with Crippen LogP contribution >= 0.6 is 0 Å². The van der Waals surface area contributed by atoms with Gasteiger partial charge in [-0.15, -0.1) is 0 Å². The first-order valence-corrected chi connectivity index (χ1v) is 6.33.